The molecule has 4 N–H and O–H groups in total. The van der Waals surface area contributed by atoms with Crippen molar-refractivity contribution < 1.29 is 4.79 Å². The topological polar surface area (TPSA) is 91.0 Å². The van der Waals surface area contributed by atoms with E-state index >= 15 is 0 Å². The van der Waals surface area contributed by atoms with Crippen LogP contribution in [-0.4, -0.2) is 29.0 Å². The summed E-state index contributed by atoms with van der Waals surface area (Å²) in [5, 5.41) is 12.5. The van der Waals surface area contributed by atoms with Gasteiger partial charge >= 0.3 is 0 Å². The van der Waals surface area contributed by atoms with E-state index in [4.69, 9.17) is 0 Å². The highest BCUT2D eigenvalue weighted by atomic mass is 16.1. The van der Waals surface area contributed by atoms with E-state index < -0.39 is 0 Å². The van der Waals surface area contributed by atoms with Gasteiger partial charge in [-0.3, -0.25) is 4.79 Å². The molecule has 28 heavy (non-hydrogen) atoms. The fourth-order valence-electron chi connectivity index (χ4n) is 3.28. The normalized spacial score (nSPS) is 14.7. The van der Waals surface area contributed by atoms with Crippen molar-refractivity contribution in [1.82, 2.24) is 15.3 Å². The summed E-state index contributed by atoms with van der Waals surface area (Å²) in [6.07, 6.45) is 2.71. The standard InChI is InChI=1S/C21H22N6O/c1-13-10-15-12-17(6-7-18(15)24-13)25-19-8-9-23-21(27-19)26-16-5-3-4-14(11-16)20(28)22-2/h3-9,11-13,24H,10H2,1-2H3,(H,22,28)(H2,23,25,26,27). The average Bonchev–Trinajstić information content (AvgIpc) is 3.07. The number of benzene rings is 2. The van der Waals surface area contributed by atoms with Gasteiger partial charge in [-0.15, -0.1) is 0 Å². The van der Waals surface area contributed by atoms with Gasteiger partial charge in [0.2, 0.25) is 5.95 Å². The third-order valence-corrected chi connectivity index (χ3v) is 4.57. The number of hydrogen-bond acceptors (Lipinski definition) is 6. The van der Waals surface area contributed by atoms with Gasteiger partial charge in [0.1, 0.15) is 5.82 Å². The van der Waals surface area contributed by atoms with Crippen LogP contribution in [0.5, 0.6) is 0 Å². The maximum Gasteiger partial charge on any atom is 0.251 e. The number of nitrogens with one attached hydrogen (secondary N) is 4. The predicted octanol–water partition coefficient (Wildman–Crippen LogP) is 3.68. The van der Waals surface area contributed by atoms with Gasteiger partial charge < -0.3 is 21.3 Å². The van der Waals surface area contributed by atoms with Crippen molar-refractivity contribution in [2.24, 2.45) is 0 Å². The minimum Gasteiger partial charge on any atom is -0.382 e. The van der Waals surface area contributed by atoms with E-state index in [1.807, 2.05) is 24.3 Å². The quantitative estimate of drug-likeness (QED) is 0.545. The maximum atomic E-state index is 11.8. The van der Waals surface area contributed by atoms with Crippen molar-refractivity contribution >= 4 is 34.7 Å². The third kappa shape index (κ3) is 3.88. The monoisotopic (exact) mass is 374 g/mol. The van der Waals surface area contributed by atoms with Crippen LogP contribution in [0.25, 0.3) is 0 Å². The Kier molecular flexibility index (Phi) is 4.80. The van der Waals surface area contributed by atoms with Crippen LogP contribution in [0, 0.1) is 0 Å². The van der Waals surface area contributed by atoms with Gasteiger partial charge in [0, 0.05) is 41.9 Å². The predicted molar refractivity (Wildman–Crippen MR) is 112 cm³/mol. The summed E-state index contributed by atoms with van der Waals surface area (Å²) in [6.45, 7) is 2.18. The van der Waals surface area contributed by atoms with Crippen LogP contribution < -0.4 is 21.3 Å². The molecule has 2 heterocycles. The molecule has 1 atom stereocenters. The highest BCUT2D eigenvalue weighted by molar-refractivity contribution is 5.95. The van der Waals surface area contributed by atoms with Crippen LogP contribution in [-0.2, 0) is 6.42 Å². The lowest BCUT2D eigenvalue weighted by molar-refractivity contribution is 0.0963. The highest BCUT2D eigenvalue weighted by Gasteiger charge is 2.16. The van der Waals surface area contributed by atoms with Gasteiger partial charge in [-0.1, -0.05) is 6.07 Å². The lowest BCUT2D eigenvalue weighted by Gasteiger charge is -2.10. The molecule has 0 fully saturated rings. The molecule has 1 aromatic heterocycles. The zero-order chi connectivity index (χ0) is 19.5. The molecule has 7 nitrogen and oxygen atoms in total. The smallest absolute Gasteiger partial charge is 0.251 e. The Morgan fingerprint density at radius 2 is 1.96 bits per heavy atom. The lowest BCUT2D eigenvalue weighted by Crippen LogP contribution is -2.17. The Balaban J connectivity index is 1.49. The first-order valence-corrected chi connectivity index (χ1v) is 9.19. The zero-order valence-corrected chi connectivity index (χ0v) is 15.8. The SMILES string of the molecule is CNC(=O)c1cccc(Nc2nccc(Nc3ccc4c(c3)CC(C)N4)n2)c1. The summed E-state index contributed by atoms with van der Waals surface area (Å²) in [5.41, 5.74) is 4.80. The van der Waals surface area contributed by atoms with E-state index in [1.54, 1.807) is 25.4 Å². The highest BCUT2D eigenvalue weighted by Crippen LogP contribution is 2.29. The minimum atomic E-state index is -0.139. The Labute approximate surface area is 163 Å². The molecule has 1 unspecified atom stereocenters. The summed E-state index contributed by atoms with van der Waals surface area (Å²) in [7, 11) is 1.61. The van der Waals surface area contributed by atoms with Crippen molar-refractivity contribution in [3.63, 3.8) is 0 Å². The molecule has 0 aliphatic carbocycles. The van der Waals surface area contributed by atoms with E-state index in [0.717, 1.165) is 17.8 Å². The van der Waals surface area contributed by atoms with E-state index in [2.05, 4.69) is 50.3 Å². The van der Waals surface area contributed by atoms with Gasteiger partial charge in [-0.25, -0.2) is 4.98 Å². The summed E-state index contributed by atoms with van der Waals surface area (Å²) >= 11 is 0. The summed E-state index contributed by atoms with van der Waals surface area (Å²) in [5.74, 6) is 1.01. The minimum absolute atomic E-state index is 0.139. The van der Waals surface area contributed by atoms with Crippen molar-refractivity contribution in [3.05, 3.63) is 65.9 Å². The Hall–Kier alpha value is -3.61. The number of rotatable bonds is 5. The third-order valence-electron chi connectivity index (χ3n) is 4.57. The van der Waals surface area contributed by atoms with Gasteiger partial charge in [-0.2, -0.15) is 4.98 Å². The first-order chi connectivity index (χ1) is 13.6. The van der Waals surface area contributed by atoms with Crippen LogP contribution in [0.3, 0.4) is 0 Å². The number of carbonyl (C=O) groups is 1. The van der Waals surface area contributed by atoms with Crippen molar-refractivity contribution in [2.75, 3.05) is 23.0 Å². The molecule has 4 rings (SSSR count). The van der Waals surface area contributed by atoms with Gasteiger partial charge in [0.25, 0.3) is 5.91 Å². The molecule has 1 aliphatic heterocycles. The number of nitrogens with zero attached hydrogens (tertiary/aromatic N) is 2. The number of amides is 1. The largest absolute Gasteiger partial charge is 0.382 e. The summed E-state index contributed by atoms with van der Waals surface area (Å²) < 4.78 is 0. The molecule has 7 heteroatoms. The fourth-order valence-corrected chi connectivity index (χ4v) is 3.28. The van der Waals surface area contributed by atoms with Crippen LogP contribution in [0.2, 0.25) is 0 Å². The second kappa shape index (κ2) is 7.56. The number of fused-ring (bicyclic) bond motifs is 1. The summed E-state index contributed by atoms with van der Waals surface area (Å²) in [4.78, 5) is 20.6. The number of hydrogen-bond donors (Lipinski definition) is 4. The first-order valence-electron chi connectivity index (χ1n) is 9.19. The van der Waals surface area contributed by atoms with E-state index in [-0.39, 0.29) is 5.91 Å². The molecule has 3 aromatic rings. The first kappa shape index (κ1) is 17.8. The number of carbonyl (C=O) groups excluding carboxylic acids is 1. The van der Waals surface area contributed by atoms with Crippen molar-refractivity contribution in [2.45, 2.75) is 19.4 Å². The molecule has 0 radical (unpaired) electrons. The Morgan fingerprint density at radius 3 is 2.82 bits per heavy atom. The second-order valence-corrected chi connectivity index (χ2v) is 6.80. The molecule has 142 valence electrons. The molecular weight excluding hydrogens is 352 g/mol. The molecule has 0 spiro atoms. The molecular formula is C21H22N6O. The average molecular weight is 374 g/mol. The lowest BCUT2D eigenvalue weighted by atomic mass is 10.1. The zero-order valence-electron chi connectivity index (χ0n) is 15.8. The van der Waals surface area contributed by atoms with Crippen LogP contribution in [0.1, 0.15) is 22.8 Å². The number of anilines is 5. The Morgan fingerprint density at radius 1 is 1.11 bits per heavy atom. The van der Waals surface area contributed by atoms with Gasteiger partial charge in [0.05, 0.1) is 0 Å². The summed E-state index contributed by atoms with van der Waals surface area (Å²) in [6, 6.07) is 15.7. The van der Waals surface area contributed by atoms with Crippen molar-refractivity contribution in [3.8, 4) is 0 Å². The van der Waals surface area contributed by atoms with E-state index in [1.165, 1.54) is 11.3 Å². The molecule has 0 saturated carbocycles. The van der Waals surface area contributed by atoms with Crippen molar-refractivity contribution in [1.29, 1.82) is 0 Å². The molecule has 2 aromatic carbocycles. The molecule has 0 saturated heterocycles. The van der Waals surface area contributed by atoms with Gasteiger partial charge in [0.15, 0.2) is 0 Å². The van der Waals surface area contributed by atoms with E-state index in [9.17, 15) is 4.79 Å². The molecule has 1 aliphatic rings. The molecule has 0 bridgehead atoms. The number of aromatic nitrogens is 2. The van der Waals surface area contributed by atoms with Crippen LogP contribution in [0.4, 0.5) is 28.8 Å². The molecule has 1 amide bonds. The maximum absolute atomic E-state index is 11.8. The van der Waals surface area contributed by atoms with Crippen LogP contribution >= 0.6 is 0 Å². The van der Waals surface area contributed by atoms with Gasteiger partial charge in [-0.05, 0) is 61.4 Å². The van der Waals surface area contributed by atoms with E-state index in [0.29, 0.717) is 23.4 Å². The Bertz CT molecular complexity index is 1020. The second-order valence-electron chi connectivity index (χ2n) is 6.80. The van der Waals surface area contributed by atoms with Crippen LogP contribution in [0.15, 0.2) is 54.7 Å². The fraction of sp³-hybridized carbons (Fsp3) is 0.190.